The van der Waals surface area contributed by atoms with Gasteiger partial charge in [0, 0.05) is 13.0 Å². The highest BCUT2D eigenvalue weighted by Crippen LogP contribution is 2.15. The van der Waals surface area contributed by atoms with E-state index in [1.807, 2.05) is 10.6 Å². The minimum atomic E-state index is 0.322. The average molecular weight is 204 g/mol. The van der Waals surface area contributed by atoms with Crippen molar-refractivity contribution >= 4 is 5.82 Å². The number of hydrogen-bond donors (Lipinski definition) is 1. The van der Waals surface area contributed by atoms with Crippen LogP contribution in [0, 0.1) is 11.3 Å². The second-order valence-corrected chi connectivity index (χ2v) is 3.38. The van der Waals surface area contributed by atoms with E-state index in [1.165, 1.54) is 0 Å². The Morgan fingerprint density at radius 3 is 2.93 bits per heavy atom. The van der Waals surface area contributed by atoms with E-state index >= 15 is 0 Å². The maximum absolute atomic E-state index is 8.82. The third-order valence-corrected chi connectivity index (χ3v) is 2.26. The van der Waals surface area contributed by atoms with Gasteiger partial charge in [-0.1, -0.05) is 19.4 Å². The Morgan fingerprint density at radius 2 is 2.40 bits per heavy atom. The Labute approximate surface area is 90.0 Å². The van der Waals surface area contributed by atoms with Gasteiger partial charge in [-0.25, -0.2) is 4.98 Å². The minimum Gasteiger partial charge on any atom is -0.383 e. The number of nitrogens with two attached hydrogens (primary N) is 1. The quantitative estimate of drug-likeness (QED) is 0.744. The Balaban J connectivity index is 3.02. The van der Waals surface area contributed by atoms with Crippen molar-refractivity contribution in [1.82, 2.24) is 9.55 Å². The molecule has 0 aliphatic carbocycles. The fourth-order valence-corrected chi connectivity index (χ4v) is 1.45. The van der Waals surface area contributed by atoms with Crippen LogP contribution in [0.2, 0.25) is 0 Å². The lowest BCUT2D eigenvalue weighted by Gasteiger charge is -2.05. The van der Waals surface area contributed by atoms with Crippen molar-refractivity contribution in [3.05, 3.63) is 24.2 Å². The molecule has 1 aromatic heterocycles. The molecule has 0 aliphatic heterocycles. The fraction of sp³-hybridized carbons (Fsp3) is 0.455. The van der Waals surface area contributed by atoms with Crippen LogP contribution >= 0.6 is 0 Å². The summed E-state index contributed by atoms with van der Waals surface area (Å²) in [5.74, 6) is 1.33. The summed E-state index contributed by atoms with van der Waals surface area (Å²) >= 11 is 0. The third-order valence-electron chi connectivity index (χ3n) is 2.26. The standard InChI is InChI=1S/C11H16N4/c1-3-5-6-10-14-9(8-12)11(13)15(10)7-4-2/h4H,2-3,5-7,13H2,1H3. The summed E-state index contributed by atoms with van der Waals surface area (Å²) < 4.78 is 1.85. The predicted octanol–water partition coefficient (Wildman–Crippen LogP) is 1.87. The van der Waals surface area contributed by atoms with Crippen molar-refractivity contribution in [2.24, 2.45) is 0 Å². The highest BCUT2D eigenvalue weighted by molar-refractivity contribution is 5.46. The van der Waals surface area contributed by atoms with E-state index in [9.17, 15) is 0 Å². The van der Waals surface area contributed by atoms with Gasteiger partial charge in [0.2, 0.25) is 0 Å². The molecule has 0 unspecified atom stereocenters. The molecule has 4 nitrogen and oxygen atoms in total. The van der Waals surface area contributed by atoms with E-state index in [-0.39, 0.29) is 0 Å². The number of rotatable bonds is 5. The number of allylic oxidation sites excluding steroid dienone is 1. The molecule has 0 spiro atoms. The van der Waals surface area contributed by atoms with E-state index in [1.54, 1.807) is 6.08 Å². The molecule has 0 aliphatic rings. The smallest absolute Gasteiger partial charge is 0.182 e. The summed E-state index contributed by atoms with van der Waals surface area (Å²) in [5, 5.41) is 8.82. The third kappa shape index (κ3) is 2.38. The molecule has 0 aromatic carbocycles. The Bertz CT molecular complexity index is 384. The molecular weight excluding hydrogens is 188 g/mol. The summed E-state index contributed by atoms with van der Waals surface area (Å²) in [6, 6.07) is 2.00. The van der Waals surface area contributed by atoms with Gasteiger partial charge in [-0.05, 0) is 6.42 Å². The van der Waals surface area contributed by atoms with Crippen molar-refractivity contribution in [3.63, 3.8) is 0 Å². The SMILES string of the molecule is C=CCn1c(CCCC)nc(C#N)c1N. The van der Waals surface area contributed by atoms with Gasteiger partial charge >= 0.3 is 0 Å². The molecule has 2 N–H and O–H groups in total. The number of aromatic nitrogens is 2. The van der Waals surface area contributed by atoms with Gasteiger partial charge in [-0.15, -0.1) is 6.58 Å². The molecule has 0 fully saturated rings. The summed E-state index contributed by atoms with van der Waals surface area (Å²) in [6.45, 7) is 6.40. The van der Waals surface area contributed by atoms with Crippen molar-refractivity contribution in [2.75, 3.05) is 5.73 Å². The lowest BCUT2D eigenvalue weighted by Crippen LogP contribution is -2.06. The van der Waals surface area contributed by atoms with Crippen molar-refractivity contribution < 1.29 is 0 Å². The summed E-state index contributed by atoms with van der Waals surface area (Å²) in [7, 11) is 0. The zero-order valence-electron chi connectivity index (χ0n) is 9.03. The minimum absolute atomic E-state index is 0.322. The Kier molecular flexibility index (Phi) is 3.92. The van der Waals surface area contributed by atoms with E-state index in [0.717, 1.165) is 25.1 Å². The van der Waals surface area contributed by atoms with Crippen LogP contribution < -0.4 is 5.73 Å². The van der Waals surface area contributed by atoms with E-state index < -0.39 is 0 Å². The van der Waals surface area contributed by atoms with Crippen LogP contribution in [-0.2, 0) is 13.0 Å². The first kappa shape index (κ1) is 11.3. The molecule has 0 radical (unpaired) electrons. The number of aryl methyl sites for hydroxylation is 1. The van der Waals surface area contributed by atoms with Gasteiger partial charge in [0.15, 0.2) is 5.69 Å². The highest BCUT2D eigenvalue weighted by atomic mass is 15.1. The predicted molar refractivity (Wildman–Crippen MR) is 60.2 cm³/mol. The van der Waals surface area contributed by atoms with Crippen molar-refractivity contribution in [3.8, 4) is 6.07 Å². The lowest BCUT2D eigenvalue weighted by molar-refractivity contribution is 0.690. The van der Waals surface area contributed by atoms with Crippen molar-refractivity contribution in [1.29, 1.82) is 5.26 Å². The van der Waals surface area contributed by atoms with Gasteiger partial charge in [0.05, 0.1) is 0 Å². The van der Waals surface area contributed by atoms with Crippen LogP contribution in [0.25, 0.3) is 0 Å². The van der Waals surface area contributed by atoms with Gasteiger partial charge in [0.1, 0.15) is 17.7 Å². The zero-order chi connectivity index (χ0) is 11.3. The highest BCUT2D eigenvalue weighted by Gasteiger charge is 2.12. The molecule has 80 valence electrons. The molecule has 0 atom stereocenters. The fourth-order valence-electron chi connectivity index (χ4n) is 1.45. The van der Waals surface area contributed by atoms with Crippen LogP contribution in [0.3, 0.4) is 0 Å². The average Bonchev–Trinajstić information content (AvgIpc) is 2.54. The van der Waals surface area contributed by atoms with Gasteiger partial charge in [-0.3, -0.25) is 0 Å². The molecule has 0 amide bonds. The molecule has 1 aromatic rings. The van der Waals surface area contributed by atoms with Crippen LogP contribution in [0.5, 0.6) is 0 Å². The first-order chi connectivity index (χ1) is 7.24. The van der Waals surface area contributed by atoms with E-state index in [4.69, 9.17) is 11.0 Å². The Morgan fingerprint density at radius 1 is 1.67 bits per heavy atom. The molecule has 1 rings (SSSR count). The second kappa shape index (κ2) is 5.20. The van der Waals surface area contributed by atoms with E-state index in [0.29, 0.717) is 18.1 Å². The van der Waals surface area contributed by atoms with Crippen molar-refractivity contribution in [2.45, 2.75) is 32.7 Å². The van der Waals surface area contributed by atoms with Crippen LogP contribution in [0.15, 0.2) is 12.7 Å². The molecule has 4 heteroatoms. The number of hydrogen-bond acceptors (Lipinski definition) is 3. The maximum Gasteiger partial charge on any atom is 0.182 e. The number of nitriles is 1. The summed E-state index contributed by atoms with van der Waals surface area (Å²) in [5.41, 5.74) is 6.12. The van der Waals surface area contributed by atoms with E-state index in [2.05, 4.69) is 18.5 Å². The molecule has 0 saturated heterocycles. The number of imidazole rings is 1. The maximum atomic E-state index is 8.82. The first-order valence-corrected chi connectivity index (χ1v) is 5.10. The van der Waals surface area contributed by atoms with Gasteiger partial charge < -0.3 is 10.3 Å². The largest absolute Gasteiger partial charge is 0.383 e. The molecular formula is C11H16N4. The summed E-state index contributed by atoms with van der Waals surface area (Å²) in [4.78, 5) is 4.21. The topological polar surface area (TPSA) is 67.6 Å². The van der Waals surface area contributed by atoms with Crippen LogP contribution in [0.1, 0.15) is 31.3 Å². The zero-order valence-corrected chi connectivity index (χ0v) is 9.03. The second-order valence-electron chi connectivity index (χ2n) is 3.38. The molecule has 0 saturated carbocycles. The molecule has 1 heterocycles. The Hall–Kier alpha value is -1.76. The molecule has 15 heavy (non-hydrogen) atoms. The number of nitrogens with zero attached hydrogens (tertiary/aromatic N) is 3. The number of unbranched alkanes of at least 4 members (excludes halogenated alkanes) is 1. The van der Waals surface area contributed by atoms with Gasteiger partial charge in [0.25, 0.3) is 0 Å². The number of anilines is 1. The monoisotopic (exact) mass is 204 g/mol. The van der Waals surface area contributed by atoms with Crippen LogP contribution in [0.4, 0.5) is 5.82 Å². The number of nitrogen functional groups attached to an aromatic ring is 1. The first-order valence-electron chi connectivity index (χ1n) is 5.10. The summed E-state index contributed by atoms with van der Waals surface area (Å²) in [6.07, 6.45) is 4.77. The lowest BCUT2D eigenvalue weighted by atomic mass is 10.2. The molecule has 0 bridgehead atoms. The van der Waals surface area contributed by atoms with Crippen LogP contribution in [-0.4, -0.2) is 9.55 Å². The van der Waals surface area contributed by atoms with Gasteiger partial charge in [-0.2, -0.15) is 5.26 Å². The normalized spacial score (nSPS) is 9.87.